The zero-order valence-electron chi connectivity index (χ0n) is 12.0. The molecule has 0 aromatic carbocycles. The van der Waals surface area contributed by atoms with Crippen molar-refractivity contribution in [1.82, 2.24) is 15.3 Å². The van der Waals surface area contributed by atoms with Gasteiger partial charge in [-0.1, -0.05) is 12.8 Å². The van der Waals surface area contributed by atoms with E-state index in [2.05, 4.69) is 15.3 Å². The van der Waals surface area contributed by atoms with E-state index in [9.17, 15) is 24.6 Å². The molecule has 0 radical (unpaired) electrons. The molecule has 1 aromatic heterocycles. The normalized spacial score (nSPS) is 22.7. The van der Waals surface area contributed by atoms with Crippen LogP contribution in [0.4, 0.5) is 0 Å². The summed E-state index contributed by atoms with van der Waals surface area (Å²) in [5, 5.41) is 20.9. The van der Waals surface area contributed by atoms with Gasteiger partial charge in [0.25, 0.3) is 0 Å². The highest BCUT2D eigenvalue weighted by molar-refractivity contribution is 5.88. The Morgan fingerprint density at radius 2 is 1.95 bits per heavy atom. The maximum atomic E-state index is 12.3. The van der Waals surface area contributed by atoms with Crippen LogP contribution in [0.15, 0.2) is 12.5 Å². The van der Waals surface area contributed by atoms with Crippen LogP contribution in [-0.4, -0.2) is 44.1 Å². The summed E-state index contributed by atoms with van der Waals surface area (Å²) in [5.41, 5.74) is 0.589. The summed E-state index contributed by atoms with van der Waals surface area (Å²) in [6.07, 6.45) is 5.47. The van der Waals surface area contributed by atoms with Crippen LogP contribution < -0.4 is 5.32 Å². The maximum absolute atomic E-state index is 12.3. The van der Waals surface area contributed by atoms with Crippen molar-refractivity contribution in [3.8, 4) is 0 Å². The van der Waals surface area contributed by atoms with Gasteiger partial charge < -0.3 is 20.5 Å². The number of aromatic amines is 1. The Balaban J connectivity index is 2.03. The van der Waals surface area contributed by atoms with E-state index in [1.165, 1.54) is 12.5 Å². The first kappa shape index (κ1) is 16.0. The van der Waals surface area contributed by atoms with Crippen LogP contribution >= 0.6 is 0 Å². The van der Waals surface area contributed by atoms with Crippen LogP contribution in [0.2, 0.25) is 0 Å². The monoisotopic (exact) mass is 309 g/mol. The van der Waals surface area contributed by atoms with Crippen molar-refractivity contribution in [2.24, 2.45) is 11.8 Å². The second kappa shape index (κ2) is 7.06. The number of imidazole rings is 1. The van der Waals surface area contributed by atoms with Crippen LogP contribution in [0.1, 0.15) is 31.4 Å². The predicted octanol–water partition coefficient (Wildman–Crippen LogP) is 0.413. The Labute approximate surface area is 126 Å². The van der Waals surface area contributed by atoms with Crippen molar-refractivity contribution >= 4 is 17.8 Å². The minimum atomic E-state index is -1.16. The molecule has 1 heterocycles. The summed E-state index contributed by atoms with van der Waals surface area (Å²) in [7, 11) is 0. The SMILES string of the molecule is O=C(O)[C@H](Cc1cnc[nH]1)NC(=O)[C@H]1CCCC[C@@H]1C(=O)O. The molecule has 120 valence electrons. The van der Waals surface area contributed by atoms with Crippen LogP contribution in [-0.2, 0) is 20.8 Å². The number of hydrogen-bond acceptors (Lipinski definition) is 4. The van der Waals surface area contributed by atoms with Gasteiger partial charge in [0.1, 0.15) is 6.04 Å². The molecule has 1 aliphatic rings. The summed E-state index contributed by atoms with van der Waals surface area (Å²) < 4.78 is 0. The first-order valence-electron chi connectivity index (χ1n) is 7.22. The van der Waals surface area contributed by atoms with Gasteiger partial charge in [0.05, 0.1) is 18.2 Å². The summed E-state index contributed by atoms with van der Waals surface area (Å²) in [5.74, 6) is -4.07. The third-order valence-electron chi connectivity index (χ3n) is 4.01. The molecule has 8 heteroatoms. The molecule has 1 saturated carbocycles. The molecule has 8 nitrogen and oxygen atoms in total. The van der Waals surface area contributed by atoms with Gasteiger partial charge in [0.15, 0.2) is 0 Å². The van der Waals surface area contributed by atoms with Gasteiger partial charge >= 0.3 is 11.9 Å². The number of carbonyl (C=O) groups is 3. The number of carboxylic acids is 2. The molecule has 1 amide bonds. The zero-order chi connectivity index (χ0) is 16.1. The minimum absolute atomic E-state index is 0.0749. The van der Waals surface area contributed by atoms with E-state index in [1.807, 2.05) is 0 Å². The fourth-order valence-electron chi connectivity index (χ4n) is 2.84. The lowest BCUT2D eigenvalue weighted by Gasteiger charge is -2.28. The Hall–Kier alpha value is -2.38. The molecule has 1 aromatic rings. The average molecular weight is 309 g/mol. The van der Waals surface area contributed by atoms with Gasteiger partial charge in [0.2, 0.25) is 5.91 Å². The van der Waals surface area contributed by atoms with Crippen molar-refractivity contribution in [2.75, 3.05) is 0 Å². The molecule has 0 spiro atoms. The van der Waals surface area contributed by atoms with Gasteiger partial charge in [-0.15, -0.1) is 0 Å². The fraction of sp³-hybridized carbons (Fsp3) is 0.571. The molecule has 22 heavy (non-hydrogen) atoms. The van der Waals surface area contributed by atoms with Crippen molar-refractivity contribution < 1.29 is 24.6 Å². The van der Waals surface area contributed by atoms with E-state index in [0.717, 1.165) is 12.8 Å². The fourth-order valence-corrected chi connectivity index (χ4v) is 2.84. The molecular weight excluding hydrogens is 290 g/mol. The molecule has 0 unspecified atom stereocenters. The topological polar surface area (TPSA) is 132 Å². The third-order valence-corrected chi connectivity index (χ3v) is 4.01. The number of aromatic nitrogens is 2. The molecule has 0 bridgehead atoms. The lowest BCUT2D eigenvalue weighted by Crippen LogP contribution is -2.48. The lowest BCUT2D eigenvalue weighted by molar-refractivity contribution is -0.150. The molecule has 2 rings (SSSR count). The molecule has 4 N–H and O–H groups in total. The molecule has 0 saturated heterocycles. The zero-order valence-corrected chi connectivity index (χ0v) is 12.0. The smallest absolute Gasteiger partial charge is 0.326 e. The Morgan fingerprint density at radius 1 is 1.27 bits per heavy atom. The molecule has 1 aliphatic carbocycles. The van der Waals surface area contributed by atoms with Crippen molar-refractivity contribution in [2.45, 2.75) is 38.1 Å². The third kappa shape index (κ3) is 3.84. The van der Waals surface area contributed by atoms with Crippen molar-refractivity contribution in [3.63, 3.8) is 0 Å². The van der Waals surface area contributed by atoms with Crippen LogP contribution in [0.5, 0.6) is 0 Å². The van der Waals surface area contributed by atoms with E-state index in [0.29, 0.717) is 18.5 Å². The highest BCUT2D eigenvalue weighted by Gasteiger charge is 2.37. The number of hydrogen-bond donors (Lipinski definition) is 4. The number of rotatable bonds is 6. The van der Waals surface area contributed by atoms with Gasteiger partial charge in [0, 0.05) is 18.3 Å². The summed E-state index contributed by atoms with van der Waals surface area (Å²) in [6, 6.07) is -1.11. The number of carbonyl (C=O) groups excluding carboxylic acids is 1. The molecule has 1 fully saturated rings. The molecule has 0 aliphatic heterocycles. The number of aliphatic carboxylic acids is 2. The standard InChI is InChI=1S/C14H19N3O5/c18-12(9-3-1-2-4-10(9)13(19)20)17-11(14(21)22)5-8-6-15-7-16-8/h6-7,9-11H,1-5H2,(H,15,16)(H,17,18)(H,19,20)(H,21,22)/t9-,10-,11-/m0/s1. The number of carboxylic acid groups (broad SMARTS) is 2. The molecule has 3 atom stereocenters. The second-order valence-corrected chi connectivity index (χ2v) is 5.52. The number of amides is 1. The highest BCUT2D eigenvalue weighted by atomic mass is 16.4. The van der Waals surface area contributed by atoms with E-state index in [4.69, 9.17) is 0 Å². The van der Waals surface area contributed by atoms with Crippen molar-refractivity contribution in [3.05, 3.63) is 18.2 Å². The average Bonchev–Trinajstić information content (AvgIpc) is 2.99. The van der Waals surface area contributed by atoms with Gasteiger partial charge in [-0.05, 0) is 12.8 Å². The Morgan fingerprint density at radius 3 is 2.50 bits per heavy atom. The largest absolute Gasteiger partial charge is 0.481 e. The maximum Gasteiger partial charge on any atom is 0.326 e. The van der Waals surface area contributed by atoms with E-state index in [1.54, 1.807) is 0 Å². The van der Waals surface area contributed by atoms with E-state index < -0.39 is 35.7 Å². The second-order valence-electron chi connectivity index (χ2n) is 5.52. The Bertz CT molecular complexity index is 543. The minimum Gasteiger partial charge on any atom is -0.481 e. The summed E-state index contributed by atoms with van der Waals surface area (Å²) in [4.78, 5) is 41.4. The van der Waals surface area contributed by atoms with E-state index in [-0.39, 0.29) is 6.42 Å². The quantitative estimate of drug-likeness (QED) is 0.601. The Kier molecular flexibility index (Phi) is 5.13. The number of H-pyrrole nitrogens is 1. The first-order chi connectivity index (χ1) is 10.5. The van der Waals surface area contributed by atoms with Crippen LogP contribution in [0, 0.1) is 11.8 Å². The van der Waals surface area contributed by atoms with Crippen molar-refractivity contribution in [1.29, 1.82) is 0 Å². The summed E-state index contributed by atoms with van der Waals surface area (Å²) >= 11 is 0. The first-order valence-corrected chi connectivity index (χ1v) is 7.22. The van der Waals surface area contributed by atoms with Crippen LogP contribution in [0.3, 0.4) is 0 Å². The number of nitrogens with one attached hydrogen (secondary N) is 2. The van der Waals surface area contributed by atoms with Crippen LogP contribution in [0.25, 0.3) is 0 Å². The predicted molar refractivity (Wildman–Crippen MR) is 74.9 cm³/mol. The summed E-state index contributed by atoms with van der Waals surface area (Å²) in [6.45, 7) is 0. The van der Waals surface area contributed by atoms with Gasteiger partial charge in [-0.3, -0.25) is 9.59 Å². The lowest BCUT2D eigenvalue weighted by atomic mass is 9.78. The van der Waals surface area contributed by atoms with Gasteiger partial charge in [-0.2, -0.15) is 0 Å². The molecular formula is C14H19N3O5. The van der Waals surface area contributed by atoms with E-state index >= 15 is 0 Å². The van der Waals surface area contributed by atoms with Gasteiger partial charge in [-0.25, -0.2) is 9.78 Å². The highest BCUT2D eigenvalue weighted by Crippen LogP contribution is 2.30. The number of nitrogens with zero attached hydrogens (tertiary/aromatic N) is 1.